The van der Waals surface area contributed by atoms with E-state index in [1.807, 2.05) is 18.7 Å². The summed E-state index contributed by atoms with van der Waals surface area (Å²) in [5, 5.41) is 0. The van der Waals surface area contributed by atoms with Crippen molar-refractivity contribution in [3.05, 3.63) is 35.4 Å². The highest BCUT2D eigenvalue weighted by Gasteiger charge is 2.37. The maximum Gasteiger partial charge on any atom is 0.416 e. The van der Waals surface area contributed by atoms with Gasteiger partial charge in [-0.15, -0.1) is 0 Å². The Morgan fingerprint density at radius 1 is 1.10 bits per heavy atom. The van der Waals surface area contributed by atoms with Crippen molar-refractivity contribution in [3.8, 4) is 0 Å². The third-order valence-corrected chi connectivity index (χ3v) is 5.72. The Bertz CT molecular complexity index is 734. The molecule has 0 bridgehead atoms. The molecular weight excluding hydrogens is 383 g/mol. The van der Waals surface area contributed by atoms with Crippen molar-refractivity contribution in [3.63, 3.8) is 0 Å². The monoisotopic (exact) mass is 411 g/mol. The standard InChI is InChI=1S/C21H28F3N3O2/c1-15(2)27-14-17(12-19(27)28)20(29)26-9-3-8-25(10-11-26)13-16-4-6-18(7-5-16)21(22,23)24/h4-7,15,17H,3,8-14H2,1-2H3. The summed E-state index contributed by atoms with van der Waals surface area (Å²) in [7, 11) is 0. The molecule has 0 aliphatic carbocycles. The molecule has 160 valence electrons. The number of amides is 2. The number of likely N-dealkylation sites (tertiary alicyclic amines) is 1. The number of hydrogen-bond acceptors (Lipinski definition) is 3. The number of hydrogen-bond donors (Lipinski definition) is 0. The van der Waals surface area contributed by atoms with Crippen LogP contribution in [0.3, 0.4) is 0 Å². The van der Waals surface area contributed by atoms with Crippen LogP contribution < -0.4 is 0 Å². The predicted octanol–water partition coefficient (Wildman–Crippen LogP) is 3.00. The Morgan fingerprint density at radius 3 is 2.38 bits per heavy atom. The third-order valence-electron chi connectivity index (χ3n) is 5.72. The molecule has 0 saturated carbocycles. The first-order chi connectivity index (χ1) is 13.6. The highest BCUT2D eigenvalue weighted by atomic mass is 19.4. The first-order valence-electron chi connectivity index (χ1n) is 10.1. The fourth-order valence-corrected chi connectivity index (χ4v) is 4.06. The van der Waals surface area contributed by atoms with Gasteiger partial charge in [-0.1, -0.05) is 12.1 Å². The van der Waals surface area contributed by atoms with Crippen LogP contribution in [0.1, 0.15) is 37.8 Å². The van der Waals surface area contributed by atoms with E-state index in [0.717, 1.165) is 30.7 Å². The van der Waals surface area contributed by atoms with Gasteiger partial charge in [0.25, 0.3) is 0 Å². The Morgan fingerprint density at radius 2 is 1.79 bits per heavy atom. The summed E-state index contributed by atoms with van der Waals surface area (Å²) >= 11 is 0. The molecule has 1 atom stereocenters. The number of carbonyl (C=O) groups excluding carboxylic acids is 2. The van der Waals surface area contributed by atoms with Crippen LogP contribution in [0.15, 0.2) is 24.3 Å². The average molecular weight is 411 g/mol. The average Bonchev–Trinajstić information content (AvgIpc) is 2.90. The molecule has 0 spiro atoms. The lowest BCUT2D eigenvalue weighted by molar-refractivity contribution is -0.137. The van der Waals surface area contributed by atoms with Gasteiger partial charge >= 0.3 is 6.18 Å². The second-order valence-corrected chi connectivity index (χ2v) is 8.19. The molecule has 2 amide bonds. The first kappa shape index (κ1) is 21.6. The largest absolute Gasteiger partial charge is 0.416 e. The number of benzene rings is 1. The number of halogens is 3. The highest BCUT2D eigenvalue weighted by molar-refractivity contribution is 5.89. The normalized spacial score (nSPS) is 21.7. The van der Waals surface area contributed by atoms with Crippen molar-refractivity contribution in [1.82, 2.24) is 14.7 Å². The Labute approximate surface area is 169 Å². The van der Waals surface area contributed by atoms with Gasteiger partial charge in [0, 0.05) is 51.7 Å². The molecule has 0 N–H and O–H groups in total. The molecule has 0 aromatic heterocycles. The third kappa shape index (κ3) is 5.29. The number of carbonyl (C=O) groups is 2. The second kappa shape index (κ2) is 8.73. The molecule has 5 nitrogen and oxygen atoms in total. The van der Waals surface area contributed by atoms with E-state index >= 15 is 0 Å². The lowest BCUT2D eigenvalue weighted by Crippen LogP contribution is -2.40. The fraction of sp³-hybridized carbons (Fsp3) is 0.619. The molecule has 3 rings (SSSR count). The molecule has 1 aromatic rings. The lowest BCUT2D eigenvalue weighted by Gasteiger charge is -2.25. The summed E-state index contributed by atoms with van der Waals surface area (Å²) in [6, 6.07) is 5.35. The van der Waals surface area contributed by atoms with Gasteiger partial charge in [-0.2, -0.15) is 13.2 Å². The number of alkyl halides is 3. The van der Waals surface area contributed by atoms with Gasteiger partial charge in [0.15, 0.2) is 0 Å². The van der Waals surface area contributed by atoms with Gasteiger partial charge in [0.2, 0.25) is 11.8 Å². The lowest BCUT2D eigenvalue weighted by atomic mass is 10.1. The predicted molar refractivity (Wildman–Crippen MR) is 103 cm³/mol. The van der Waals surface area contributed by atoms with Crippen LogP contribution >= 0.6 is 0 Å². The van der Waals surface area contributed by atoms with Gasteiger partial charge in [-0.3, -0.25) is 14.5 Å². The summed E-state index contributed by atoms with van der Waals surface area (Å²) in [6.07, 6.45) is -3.24. The van der Waals surface area contributed by atoms with Crippen LogP contribution in [0.4, 0.5) is 13.2 Å². The minimum Gasteiger partial charge on any atom is -0.341 e. The van der Waals surface area contributed by atoms with E-state index < -0.39 is 11.7 Å². The Balaban J connectivity index is 1.54. The molecule has 2 aliphatic heterocycles. The van der Waals surface area contributed by atoms with E-state index in [1.54, 1.807) is 4.90 Å². The van der Waals surface area contributed by atoms with Crippen molar-refractivity contribution in [2.24, 2.45) is 5.92 Å². The number of rotatable bonds is 4. The van der Waals surface area contributed by atoms with Crippen LogP contribution in [0.25, 0.3) is 0 Å². The van der Waals surface area contributed by atoms with Gasteiger partial charge in [-0.25, -0.2) is 0 Å². The van der Waals surface area contributed by atoms with Gasteiger partial charge in [0.1, 0.15) is 0 Å². The van der Waals surface area contributed by atoms with Gasteiger partial charge in [-0.05, 0) is 38.0 Å². The molecule has 0 radical (unpaired) electrons. The first-order valence-corrected chi connectivity index (χ1v) is 10.1. The van der Waals surface area contributed by atoms with Crippen LogP contribution in [0.5, 0.6) is 0 Å². The fourth-order valence-electron chi connectivity index (χ4n) is 4.06. The van der Waals surface area contributed by atoms with E-state index in [1.165, 1.54) is 12.1 Å². The zero-order chi connectivity index (χ0) is 21.2. The van der Waals surface area contributed by atoms with Crippen molar-refractivity contribution in [2.45, 2.75) is 45.5 Å². The van der Waals surface area contributed by atoms with Crippen LogP contribution in [-0.4, -0.2) is 65.3 Å². The van der Waals surface area contributed by atoms with E-state index in [4.69, 9.17) is 0 Å². The Kier molecular flexibility index (Phi) is 6.51. The van der Waals surface area contributed by atoms with E-state index in [2.05, 4.69) is 4.90 Å². The smallest absolute Gasteiger partial charge is 0.341 e. The van der Waals surface area contributed by atoms with Crippen LogP contribution in [0, 0.1) is 5.92 Å². The van der Waals surface area contributed by atoms with Gasteiger partial charge in [0.05, 0.1) is 11.5 Å². The zero-order valence-corrected chi connectivity index (χ0v) is 16.9. The molecule has 2 aliphatic rings. The van der Waals surface area contributed by atoms with E-state index in [0.29, 0.717) is 32.7 Å². The summed E-state index contributed by atoms with van der Waals surface area (Å²) in [4.78, 5) is 30.8. The molecule has 1 aromatic carbocycles. The number of nitrogens with zero attached hydrogens (tertiary/aromatic N) is 3. The summed E-state index contributed by atoms with van der Waals surface area (Å²) in [5.74, 6) is -0.193. The van der Waals surface area contributed by atoms with E-state index in [9.17, 15) is 22.8 Å². The summed E-state index contributed by atoms with van der Waals surface area (Å²) in [5.41, 5.74) is 0.183. The quantitative estimate of drug-likeness (QED) is 0.765. The molecule has 2 heterocycles. The SMILES string of the molecule is CC(C)N1CC(C(=O)N2CCCN(Cc3ccc(C(F)(F)F)cc3)CC2)CC1=O. The van der Waals surface area contributed by atoms with Crippen LogP contribution in [0.2, 0.25) is 0 Å². The molecular formula is C21H28F3N3O2. The maximum absolute atomic E-state index is 12.9. The van der Waals surface area contributed by atoms with Crippen molar-refractivity contribution in [2.75, 3.05) is 32.7 Å². The zero-order valence-electron chi connectivity index (χ0n) is 16.9. The summed E-state index contributed by atoms with van der Waals surface area (Å²) < 4.78 is 38.1. The Hall–Kier alpha value is -2.09. The summed E-state index contributed by atoms with van der Waals surface area (Å²) in [6.45, 7) is 7.63. The molecule has 29 heavy (non-hydrogen) atoms. The van der Waals surface area contributed by atoms with Crippen molar-refractivity contribution >= 4 is 11.8 Å². The highest BCUT2D eigenvalue weighted by Crippen LogP contribution is 2.29. The van der Waals surface area contributed by atoms with Crippen LogP contribution in [-0.2, 0) is 22.3 Å². The van der Waals surface area contributed by atoms with E-state index in [-0.39, 0.29) is 30.2 Å². The van der Waals surface area contributed by atoms with Crippen molar-refractivity contribution in [1.29, 1.82) is 0 Å². The molecule has 2 saturated heterocycles. The molecule has 8 heteroatoms. The maximum atomic E-state index is 12.9. The van der Waals surface area contributed by atoms with Gasteiger partial charge < -0.3 is 9.80 Å². The molecule has 1 unspecified atom stereocenters. The second-order valence-electron chi connectivity index (χ2n) is 8.19. The minimum atomic E-state index is -4.32. The topological polar surface area (TPSA) is 43.9 Å². The molecule has 2 fully saturated rings. The minimum absolute atomic E-state index is 0.0390. The van der Waals surface area contributed by atoms with Crippen molar-refractivity contribution < 1.29 is 22.8 Å².